The summed E-state index contributed by atoms with van der Waals surface area (Å²) >= 11 is 2.32. The van der Waals surface area contributed by atoms with Crippen molar-refractivity contribution in [2.45, 2.75) is 0 Å². The molecule has 0 radical (unpaired) electrons. The molecule has 2 aromatic rings. The molecule has 2 nitrogen and oxygen atoms in total. The molecule has 1 aromatic heterocycles. The van der Waals surface area contributed by atoms with E-state index in [2.05, 4.69) is 58.5 Å². The van der Waals surface area contributed by atoms with Crippen LogP contribution in [-0.4, -0.2) is 7.11 Å². The normalized spacial score (nSPS) is 10.2. The van der Waals surface area contributed by atoms with E-state index in [9.17, 15) is 0 Å². The quantitative estimate of drug-likeness (QED) is 0.470. The lowest BCUT2D eigenvalue weighted by Gasteiger charge is -2.06. The third kappa shape index (κ3) is 2.04. The number of rotatable bonds is 2. The molecule has 0 unspecified atom stereocenters. The number of para-hydroxylation sites is 1. The minimum atomic E-state index is 0.903. The maximum Gasteiger partial charge on any atom is 0.241 e. The zero-order valence-corrected chi connectivity index (χ0v) is 11.4. The number of ether oxygens (including phenoxy) is 1. The monoisotopic (exact) mass is 326 g/mol. The van der Waals surface area contributed by atoms with E-state index in [-0.39, 0.29) is 0 Å². The highest BCUT2D eigenvalue weighted by Gasteiger charge is 2.15. The van der Waals surface area contributed by atoms with Crippen molar-refractivity contribution in [2.75, 3.05) is 7.11 Å². The number of benzene rings is 1. The molecule has 16 heavy (non-hydrogen) atoms. The molecule has 0 spiro atoms. The van der Waals surface area contributed by atoms with Crippen LogP contribution in [0, 0.1) is 3.70 Å². The van der Waals surface area contributed by atoms with Gasteiger partial charge in [-0.1, -0.05) is 12.1 Å². The first-order valence-corrected chi connectivity index (χ1v) is 6.10. The molecular weight excluding hydrogens is 313 g/mol. The Kier molecular flexibility index (Phi) is 3.43. The molecule has 0 saturated carbocycles. The maximum atomic E-state index is 5.38. The van der Waals surface area contributed by atoms with Gasteiger partial charge in [-0.3, -0.25) is 0 Å². The summed E-state index contributed by atoms with van der Waals surface area (Å²) in [4.78, 5) is 0. The fourth-order valence-electron chi connectivity index (χ4n) is 1.68. The minimum Gasteiger partial charge on any atom is -0.496 e. The van der Waals surface area contributed by atoms with Gasteiger partial charge in [0.05, 0.1) is 12.7 Å². The molecule has 1 aromatic carbocycles. The van der Waals surface area contributed by atoms with Crippen molar-refractivity contribution in [3.63, 3.8) is 0 Å². The van der Waals surface area contributed by atoms with E-state index in [4.69, 9.17) is 4.74 Å². The predicted molar refractivity (Wildman–Crippen MR) is 72.3 cm³/mol. The van der Waals surface area contributed by atoms with Gasteiger partial charge in [-0.05, 0) is 18.2 Å². The van der Waals surface area contributed by atoms with Crippen LogP contribution >= 0.6 is 22.6 Å². The minimum absolute atomic E-state index is 0.903. The maximum absolute atomic E-state index is 5.38. The van der Waals surface area contributed by atoms with Gasteiger partial charge in [-0.2, -0.15) is 4.57 Å². The third-order valence-electron chi connectivity index (χ3n) is 2.55. The number of aromatic nitrogens is 1. The first kappa shape index (κ1) is 11.4. The van der Waals surface area contributed by atoms with Crippen molar-refractivity contribution in [1.82, 2.24) is 0 Å². The molecule has 0 aliphatic carbocycles. The summed E-state index contributed by atoms with van der Waals surface area (Å²) in [5.74, 6) is 0.903. The largest absolute Gasteiger partial charge is 0.496 e. The predicted octanol–water partition coefficient (Wildman–Crippen LogP) is 2.79. The van der Waals surface area contributed by atoms with Gasteiger partial charge in [-0.15, -0.1) is 0 Å². The highest BCUT2D eigenvalue weighted by molar-refractivity contribution is 14.1. The van der Waals surface area contributed by atoms with Gasteiger partial charge in [0.15, 0.2) is 0 Å². The van der Waals surface area contributed by atoms with Crippen LogP contribution in [0.4, 0.5) is 0 Å². The highest BCUT2D eigenvalue weighted by atomic mass is 127. The average molecular weight is 326 g/mol. The Balaban J connectivity index is 2.63. The molecule has 0 fully saturated rings. The molecule has 82 valence electrons. The van der Waals surface area contributed by atoms with Crippen molar-refractivity contribution >= 4 is 22.6 Å². The van der Waals surface area contributed by atoms with Gasteiger partial charge in [0.2, 0.25) is 9.39 Å². The van der Waals surface area contributed by atoms with Crippen molar-refractivity contribution < 1.29 is 9.30 Å². The van der Waals surface area contributed by atoms with Crippen LogP contribution < -0.4 is 9.30 Å². The zero-order chi connectivity index (χ0) is 11.5. The van der Waals surface area contributed by atoms with Crippen molar-refractivity contribution in [2.24, 2.45) is 7.05 Å². The van der Waals surface area contributed by atoms with Gasteiger partial charge < -0.3 is 4.74 Å². The number of hydrogen-bond donors (Lipinski definition) is 0. The van der Waals surface area contributed by atoms with E-state index in [1.165, 1.54) is 3.70 Å². The lowest BCUT2D eigenvalue weighted by atomic mass is 10.1. The highest BCUT2D eigenvalue weighted by Crippen LogP contribution is 2.27. The van der Waals surface area contributed by atoms with Crippen LogP contribution in [0.3, 0.4) is 0 Å². The number of hydrogen-bond acceptors (Lipinski definition) is 1. The first-order chi connectivity index (χ1) is 7.74. The summed E-state index contributed by atoms with van der Waals surface area (Å²) < 4.78 is 8.73. The van der Waals surface area contributed by atoms with Gasteiger partial charge in [0, 0.05) is 34.7 Å². The number of methoxy groups -OCH3 is 1. The smallest absolute Gasteiger partial charge is 0.241 e. The SMILES string of the molecule is COc1ccccc1-c1cccc(I)[n+]1C. The Morgan fingerprint density at radius 1 is 1.06 bits per heavy atom. The Labute approximate surface area is 109 Å². The van der Waals surface area contributed by atoms with E-state index < -0.39 is 0 Å². The van der Waals surface area contributed by atoms with Crippen molar-refractivity contribution in [3.05, 3.63) is 46.2 Å². The third-order valence-corrected chi connectivity index (χ3v) is 3.64. The number of nitrogens with zero attached hydrogens (tertiary/aromatic N) is 1. The summed E-state index contributed by atoms with van der Waals surface area (Å²) in [6.45, 7) is 0. The first-order valence-electron chi connectivity index (χ1n) is 5.02. The lowest BCUT2D eigenvalue weighted by Crippen LogP contribution is -2.34. The summed E-state index contributed by atoms with van der Waals surface area (Å²) in [6.07, 6.45) is 0. The molecule has 1 heterocycles. The van der Waals surface area contributed by atoms with E-state index in [1.807, 2.05) is 18.2 Å². The molecule has 0 aliphatic rings. The summed E-state index contributed by atoms with van der Waals surface area (Å²) in [5, 5.41) is 0. The van der Waals surface area contributed by atoms with E-state index in [1.54, 1.807) is 7.11 Å². The Morgan fingerprint density at radius 3 is 2.56 bits per heavy atom. The molecule has 0 atom stereocenters. The van der Waals surface area contributed by atoms with Crippen LogP contribution in [0.25, 0.3) is 11.3 Å². The topological polar surface area (TPSA) is 13.1 Å². The van der Waals surface area contributed by atoms with Gasteiger partial charge in [-0.25, -0.2) is 0 Å². The number of pyridine rings is 1. The van der Waals surface area contributed by atoms with Gasteiger partial charge >= 0.3 is 0 Å². The van der Waals surface area contributed by atoms with Gasteiger partial charge in [0.1, 0.15) is 12.8 Å². The van der Waals surface area contributed by atoms with Crippen LogP contribution in [0.15, 0.2) is 42.5 Å². The molecule has 0 saturated heterocycles. The zero-order valence-electron chi connectivity index (χ0n) is 9.27. The van der Waals surface area contributed by atoms with Crippen LogP contribution in [-0.2, 0) is 7.05 Å². The molecule has 0 N–H and O–H groups in total. The molecule has 2 rings (SSSR count). The Bertz CT molecular complexity index is 511. The second kappa shape index (κ2) is 4.82. The molecule has 3 heteroatoms. The van der Waals surface area contributed by atoms with Crippen LogP contribution in [0.1, 0.15) is 0 Å². The van der Waals surface area contributed by atoms with Gasteiger partial charge in [0.25, 0.3) is 0 Å². The molecule has 0 amide bonds. The summed E-state index contributed by atoms with van der Waals surface area (Å²) in [5.41, 5.74) is 2.27. The summed E-state index contributed by atoms with van der Waals surface area (Å²) in [6, 6.07) is 14.3. The second-order valence-electron chi connectivity index (χ2n) is 3.49. The number of halogens is 1. The average Bonchev–Trinajstić information content (AvgIpc) is 2.33. The van der Waals surface area contributed by atoms with E-state index in [0.29, 0.717) is 0 Å². The van der Waals surface area contributed by atoms with Crippen molar-refractivity contribution in [1.29, 1.82) is 0 Å². The summed E-state index contributed by atoms with van der Waals surface area (Å²) in [7, 11) is 3.76. The Morgan fingerprint density at radius 2 is 1.81 bits per heavy atom. The van der Waals surface area contributed by atoms with Crippen LogP contribution in [0.2, 0.25) is 0 Å². The molecule has 0 bridgehead atoms. The van der Waals surface area contributed by atoms with E-state index >= 15 is 0 Å². The fourth-order valence-corrected chi connectivity index (χ4v) is 2.15. The van der Waals surface area contributed by atoms with Crippen LogP contribution in [0.5, 0.6) is 5.75 Å². The van der Waals surface area contributed by atoms with E-state index in [0.717, 1.165) is 17.0 Å². The fraction of sp³-hybridized carbons (Fsp3) is 0.154. The van der Waals surface area contributed by atoms with Crippen molar-refractivity contribution in [3.8, 4) is 17.0 Å². The Hall–Kier alpha value is -1.10. The lowest BCUT2D eigenvalue weighted by molar-refractivity contribution is -0.673. The second-order valence-corrected chi connectivity index (χ2v) is 4.60. The standard InChI is InChI=1S/C13H13INO/c1-15-11(7-5-9-13(15)14)10-6-3-4-8-12(10)16-2/h3-9H,1-2H3/q+1. The molecule has 0 aliphatic heterocycles. The molecular formula is C13H13INO+.